The summed E-state index contributed by atoms with van der Waals surface area (Å²) in [6.45, 7) is 4.02. The Morgan fingerprint density at radius 1 is 1.12 bits per heavy atom. The average molecular weight is 465 g/mol. The third-order valence-electron chi connectivity index (χ3n) is 6.33. The molecule has 5 rings (SSSR count). The number of nitrogens with zero attached hydrogens (tertiary/aromatic N) is 5. The number of anilines is 2. The summed E-state index contributed by atoms with van der Waals surface area (Å²) >= 11 is 1.36. The monoisotopic (exact) mass is 464 g/mol. The lowest BCUT2D eigenvalue weighted by atomic mass is 9.91. The molecule has 0 aromatic carbocycles. The van der Waals surface area contributed by atoms with Crippen LogP contribution in [0.1, 0.15) is 29.9 Å². The Balaban J connectivity index is 1.42. The van der Waals surface area contributed by atoms with Gasteiger partial charge < -0.3 is 14.8 Å². The molecule has 170 valence electrons. The van der Waals surface area contributed by atoms with Crippen LogP contribution in [0.4, 0.5) is 16.2 Å². The lowest BCUT2D eigenvalue weighted by molar-refractivity contribution is 0.255. The minimum absolute atomic E-state index is 0.103. The first kappa shape index (κ1) is 21.7. The Hall–Kier alpha value is -3.17. The van der Waals surface area contributed by atoms with Gasteiger partial charge in [0.25, 0.3) is 5.56 Å². The van der Waals surface area contributed by atoms with Gasteiger partial charge in [-0.1, -0.05) is 6.07 Å². The minimum Gasteiger partial charge on any atom is -0.318 e. The highest BCUT2D eigenvalue weighted by molar-refractivity contribution is 7.22. The van der Waals surface area contributed by atoms with Crippen molar-refractivity contribution in [3.05, 3.63) is 64.1 Å². The summed E-state index contributed by atoms with van der Waals surface area (Å²) in [5.74, 6) is 0.861. The maximum Gasteiger partial charge on any atom is 0.259 e. The number of fused-ring (bicyclic) bond motifs is 1. The number of thiophene rings is 1. The van der Waals surface area contributed by atoms with E-state index in [9.17, 15) is 9.18 Å². The lowest BCUT2D eigenvalue weighted by Crippen LogP contribution is -2.29. The van der Waals surface area contributed by atoms with Crippen molar-refractivity contribution in [2.75, 3.05) is 25.5 Å². The van der Waals surface area contributed by atoms with Crippen LogP contribution in [0.2, 0.25) is 0 Å². The molecule has 0 unspecified atom stereocenters. The van der Waals surface area contributed by atoms with E-state index in [4.69, 9.17) is 0 Å². The second-order valence-corrected chi connectivity index (χ2v) is 9.65. The second kappa shape index (κ2) is 8.64. The van der Waals surface area contributed by atoms with Crippen molar-refractivity contribution in [1.29, 1.82) is 0 Å². The molecule has 0 bridgehead atoms. The molecule has 4 aromatic heterocycles. The first-order valence-corrected chi connectivity index (χ1v) is 11.8. The molecule has 1 fully saturated rings. The summed E-state index contributed by atoms with van der Waals surface area (Å²) in [4.78, 5) is 28.6. The van der Waals surface area contributed by atoms with E-state index >= 15 is 0 Å². The topological polar surface area (TPSA) is 75.9 Å². The number of nitrogens with one attached hydrogen (secondary N) is 1. The fourth-order valence-electron chi connectivity index (χ4n) is 4.33. The molecule has 0 amide bonds. The molecule has 0 atom stereocenters. The van der Waals surface area contributed by atoms with Gasteiger partial charge in [0, 0.05) is 24.1 Å². The lowest BCUT2D eigenvalue weighted by Gasteiger charge is -2.29. The molecule has 0 aliphatic carbocycles. The van der Waals surface area contributed by atoms with Crippen LogP contribution in [-0.2, 0) is 7.05 Å². The molecule has 0 radical (unpaired) electrons. The fourth-order valence-corrected chi connectivity index (χ4v) is 5.52. The van der Waals surface area contributed by atoms with Crippen molar-refractivity contribution in [2.24, 2.45) is 7.05 Å². The molecule has 33 heavy (non-hydrogen) atoms. The van der Waals surface area contributed by atoms with Gasteiger partial charge in [0.05, 0.1) is 16.5 Å². The zero-order valence-corrected chi connectivity index (χ0v) is 19.6. The number of pyridine rings is 2. The second-order valence-electron chi connectivity index (χ2n) is 8.60. The van der Waals surface area contributed by atoms with E-state index in [0.717, 1.165) is 42.4 Å². The number of hydrogen-bond acceptors (Lipinski definition) is 7. The predicted molar refractivity (Wildman–Crippen MR) is 130 cm³/mol. The molecule has 0 spiro atoms. The number of rotatable bonds is 4. The molecule has 1 saturated heterocycles. The summed E-state index contributed by atoms with van der Waals surface area (Å²) < 4.78 is 17.1. The van der Waals surface area contributed by atoms with E-state index < -0.39 is 5.82 Å². The quantitative estimate of drug-likeness (QED) is 0.481. The highest BCUT2D eigenvalue weighted by atomic mass is 32.1. The fraction of sp³-hybridized carbons (Fsp3) is 0.333. The van der Waals surface area contributed by atoms with Crippen molar-refractivity contribution in [2.45, 2.75) is 25.7 Å². The maximum absolute atomic E-state index is 14.7. The largest absolute Gasteiger partial charge is 0.318 e. The van der Waals surface area contributed by atoms with Crippen LogP contribution >= 0.6 is 11.3 Å². The smallest absolute Gasteiger partial charge is 0.259 e. The zero-order valence-electron chi connectivity index (χ0n) is 18.8. The molecule has 9 heteroatoms. The number of halogens is 1. The Bertz CT molecular complexity index is 1370. The molecule has 7 nitrogen and oxygen atoms in total. The molecule has 1 aliphatic heterocycles. The van der Waals surface area contributed by atoms with E-state index in [1.165, 1.54) is 21.5 Å². The first-order valence-electron chi connectivity index (χ1n) is 10.9. The van der Waals surface area contributed by atoms with Crippen molar-refractivity contribution in [3.8, 4) is 10.6 Å². The molecule has 4 aromatic rings. The van der Waals surface area contributed by atoms with Gasteiger partial charge in [-0.15, -0.1) is 11.3 Å². The van der Waals surface area contributed by atoms with Crippen LogP contribution in [0.3, 0.4) is 0 Å². The van der Waals surface area contributed by atoms with Gasteiger partial charge in [-0.3, -0.25) is 4.79 Å². The number of aryl methyl sites for hydroxylation is 2. The summed E-state index contributed by atoms with van der Waals surface area (Å²) in [5.41, 5.74) is 2.03. The summed E-state index contributed by atoms with van der Waals surface area (Å²) in [7, 11) is 3.86. The number of aromatic nitrogens is 4. The van der Waals surface area contributed by atoms with Gasteiger partial charge >= 0.3 is 0 Å². The molecule has 1 aliphatic rings. The molecular weight excluding hydrogens is 439 g/mol. The van der Waals surface area contributed by atoms with Crippen LogP contribution < -0.4 is 10.9 Å². The van der Waals surface area contributed by atoms with E-state index in [1.807, 2.05) is 25.3 Å². The Morgan fingerprint density at radius 3 is 2.64 bits per heavy atom. The van der Waals surface area contributed by atoms with Gasteiger partial charge in [-0.25, -0.2) is 19.3 Å². The minimum atomic E-state index is -0.530. The van der Waals surface area contributed by atoms with Crippen LogP contribution in [0.25, 0.3) is 20.7 Å². The zero-order chi connectivity index (χ0) is 23.1. The highest BCUT2D eigenvalue weighted by Crippen LogP contribution is 2.37. The van der Waals surface area contributed by atoms with Gasteiger partial charge in [0.2, 0.25) is 5.95 Å². The van der Waals surface area contributed by atoms with E-state index in [0.29, 0.717) is 22.0 Å². The molecule has 5 heterocycles. The molecule has 0 saturated carbocycles. The van der Waals surface area contributed by atoms with Gasteiger partial charge in [-0.05, 0) is 69.1 Å². The van der Waals surface area contributed by atoms with Gasteiger partial charge in [-0.2, -0.15) is 0 Å². The number of piperidine rings is 1. The SMILES string of the molecule is Cc1c(-c2nc(Nc3ccc(C4CCN(C)CC4)cn3)ncc2F)sc2ccn(C)c(=O)c12. The summed E-state index contributed by atoms with van der Waals surface area (Å²) in [6, 6.07) is 5.86. The third kappa shape index (κ3) is 4.14. The van der Waals surface area contributed by atoms with E-state index in [-0.39, 0.29) is 17.2 Å². The highest BCUT2D eigenvalue weighted by Gasteiger charge is 2.20. The van der Waals surface area contributed by atoms with Crippen molar-refractivity contribution >= 4 is 33.2 Å². The maximum atomic E-state index is 14.7. The first-order chi connectivity index (χ1) is 15.9. The Morgan fingerprint density at radius 2 is 1.91 bits per heavy atom. The van der Waals surface area contributed by atoms with E-state index in [2.05, 4.69) is 38.3 Å². The number of hydrogen-bond donors (Lipinski definition) is 1. The summed E-state index contributed by atoms with van der Waals surface area (Å²) in [5, 5.41) is 3.68. The standard InChI is InChI=1S/C24H25FN6OS/c1-14-20-18(8-11-31(3)23(20)32)33-22(14)21-17(25)13-27-24(29-21)28-19-5-4-16(12-26-19)15-6-9-30(2)10-7-15/h4-5,8,11-13,15H,6-7,9-10H2,1-3H3,(H,26,27,28,29). The van der Waals surface area contributed by atoms with Crippen LogP contribution in [-0.4, -0.2) is 44.6 Å². The Kier molecular flexibility index (Phi) is 5.67. The van der Waals surface area contributed by atoms with Crippen molar-refractivity contribution in [3.63, 3.8) is 0 Å². The predicted octanol–water partition coefficient (Wildman–Crippen LogP) is 4.45. The van der Waals surface area contributed by atoms with Gasteiger partial charge in [0.15, 0.2) is 5.82 Å². The summed E-state index contributed by atoms with van der Waals surface area (Å²) in [6.07, 6.45) is 7.03. The molecule has 1 N–H and O–H groups in total. The van der Waals surface area contributed by atoms with Crippen LogP contribution in [0, 0.1) is 12.7 Å². The van der Waals surface area contributed by atoms with Crippen LogP contribution in [0.5, 0.6) is 0 Å². The Labute approximate surface area is 195 Å². The number of likely N-dealkylation sites (tertiary alicyclic amines) is 1. The van der Waals surface area contributed by atoms with Crippen molar-refractivity contribution < 1.29 is 4.39 Å². The van der Waals surface area contributed by atoms with E-state index in [1.54, 1.807) is 13.2 Å². The van der Waals surface area contributed by atoms with Crippen LogP contribution in [0.15, 0.2) is 41.6 Å². The third-order valence-corrected chi connectivity index (χ3v) is 7.60. The molecular formula is C24H25FN6OS. The normalized spacial score (nSPS) is 15.3. The average Bonchev–Trinajstić information content (AvgIpc) is 3.15. The van der Waals surface area contributed by atoms with Gasteiger partial charge in [0.1, 0.15) is 11.5 Å². The van der Waals surface area contributed by atoms with Crippen molar-refractivity contribution in [1.82, 2.24) is 24.4 Å².